The van der Waals surface area contributed by atoms with Gasteiger partial charge in [-0.2, -0.15) is 0 Å². The lowest BCUT2D eigenvalue weighted by atomic mass is 10.1. The molecule has 0 bridgehead atoms. The van der Waals surface area contributed by atoms with Crippen molar-refractivity contribution in [1.29, 1.82) is 0 Å². The highest BCUT2D eigenvalue weighted by Gasteiger charge is 2.20. The molecule has 168 valence electrons. The fourth-order valence-electron chi connectivity index (χ4n) is 3.79. The number of amides is 1. The normalized spacial score (nSPS) is 14.9. The smallest absolute Gasteiger partial charge is 0.255 e. The summed E-state index contributed by atoms with van der Waals surface area (Å²) in [6, 6.07) is 12.2. The number of hydrogen-bond acceptors (Lipinski definition) is 5. The van der Waals surface area contributed by atoms with Crippen molar-refractivity contribution in [3.63, 3.8) is 0 Å². The summed E-state index contributed by atoms with van der Waals surface area (Å²) in [4.78, 5) is 14.8. The van der Waals surface area contributed by atoms with E-state index in [-0.39, 0.29) is 22.9 Å². The van der Waals surface area contributed by atoms with Crippen molar-refractivity contribution in [2.24, 2.45) is 0 Å². The lowest BCUT2D eigenvalue weighted by Crippen LogP contribution is -2.30. The summed E-state index contributed by atoms with van der Waals surface area (Å²) in [7, 11) is -2.36. The summed E-state index contributed by atoms with van der Waals surface area (Å²) < 4.78 is 33.8. The van der Waals surface area contributed by atoms with E-state index in [9.17, 15) is 13.2 Å². The topological polar surface area (TPSA) is 87.7 Å². The van der Waals surface area contributed by atoms with Gasteiger partial charge in [0, 0.05) is 19.6 Å². The van der Waals surface area contributed by atoms with Gasteiger partial charge in [-0.05, 0) is 62.2 Å². The van der Waals surface area contributed by atoms with Crippen molar-refractivity contribution in [1.82, 2.24) is 14.9 Å². The Balaban J connectivity index is 1.76. The van der Waals surface area contributed by atoms with Gasteiger partial charge in [0.2, 0.25) is 10.0 Å². The van der Waals surface area contributed by atoms with E-state index in [4.69, 9.17) is 4.74 Å². The van der Waals surface area contributed by atoms with E-state index in [0.29, 0.717) is 12.3 Å². The highest BCUT2D eigenvalue weighted by Crippen LogP contribution is 2.23. The average Bonchev–Trinajstić information content (AvgIpc) is 2.79. The first-order valence-corrected chi connectivity index (χ1v) is 12.2. The number of rotatable bonds is 9. The number of nitrogens with zero attached hydrogens (tertiary/aromatic N) is 1. The molecule has 0 aromatic heterocycles. The van der Waals surface area contributed by atoms with E-state index in [2.05, 4.69) is 21.0 Å². The van der Waals surface area contributed by atoms with Gasteiger partial charge in [-0.15, -0.1) is 0 Å². The lowest BCUT2D eigenvalue weighted by molar-refractivity contribution is 0.0952. The monoisotopic (exact) mass is 445 g/mol. The van der Waals surface area contributed by atoms with E-state index in [1.54, 1.807) is 6.92 Å². The molecule has 3 rings (SSSR count). The molecule has 1 fully saturated rings. The Kier molecular flexibility index (Phi) is 8.06. The van der Waals surface area contributed by atoms with Crippen LogP contribution in [0.4, 0.5) is 0 Å². The van der Waals surface area contributed by atoms with Crippen molar-refractivity contribution < 1.29 is 17.9 Å². The molecule has 0 saturated carbocycles. The molecule has 2 aromatic rings. The third-order valence-corrected chi connectivity index (χ3v) is 6.88. The standard InChI is InChI=1S/C23H31N3O4S/c1-3-24-23(27)21-15-20(11-12-22(21)30-2)31(28,29)25-16-18-9-5-6-10-19(18)17-26-13-7-4-8-14-26/h5-6,9-12,15,25H,3-4,7-8,13-14,16-17H2,1-2H3,(H,24,27). The number of carbonyl (C=O) groups is 1. The third-order valence-electron chi connectivity index (χ3n) is 5.48. The SMILES string of the molecule is CCNC(=O)c1cc(S(=O)(=O)NCc2ccccc2CN2CCCCC2)ccc1OC. The van der Waals surface area contributed by atoms with Crippen LogP contribution in [0.15, 0.2) is 47.4 Å². The molecule has 0 spiro atoms. The van der Waals surface area contributed by atoms with Crippen LogP contribution in [0.25, 0.3) is 0 Å². The number of nitrogens with one attached hydrogen (secondary N) is 2. The van der Waals surface area contributed by atoms with Crippen LogP contribution in [-0.2, 0) is 23.1 Å². The molecular weight excluding hydrogens is 414 g/mol. The summed E-state index contributed by atoms with van der Waals surface area (Å²) in [5, 5.41) is 2.68. The van der Waals surface area contributed by atoms with Gasteiger partial charge in [0.25, 0.3) is 5.91 Å². The van der Waals surface area contributed by atoms with E-state index < -0.39 is 10.0 Å². The zero-order chi connectivity index (χ0) is 22.3. The highest BCUT2D eigenvalue weighted by molar-refractivity contribution is 7.89. The molecule has 8 heteroatoms. The average molecular weight is 446 g/mol. The Morgan fingerprint density at radius 3 is 2.45 bits per heavy atom. The van der Waals surface area contributed by atoms with Crippen LogP contribution >= 0.6 is 0 Å². The minimum Gasteiger partial charge on any atom is -0.496 e. The Bertz CT molecular complexity index is 1000. The number of benzene rings is 2. The summed E-state index contributed by atoms with van der Waals surface area (Å²) in [6.45, 7) is 5.40. The Labute approximate surface area is 184 Å². The van der Waals surface area contributed by atoms with Crippen molar-refractivity contribution in [3.05, 3.63) is 59.2 Å². The molecule has 0 unspecified atom stereocenters. The van der Waals surface area contributed by atoms with Crippen LogP contribution in [-0.4, -0.2) is 46.0 Å². The van der Waals surface area contributed by atoms with Crippen LogP contribution in [0.5, 0.6) is 5.75 Å². The van der Waals surface area contributed by atoms with Crippen LogP contribution in [0.1, 0.15) is 47.7 Å². The number of methoxy groups -OCH3 is 1. The van der Waals surface area contributed by atoms with Gasteiger partial charge in [0.1, 0.15) is 5.75 Å². The molecule has 0 radical (unpaired) electrons. The molecule has 1 amide bonds. The van der Waals surface area contributed by atoms with Crippen LogP contribution in [0.2, 0.25) is 0 Å². The predicted octanol–water partition coefficient (Wildman–Crippen LogP) is 2.91. The van der Waals surface area contributed by atoms with Gasteiger partial charge in [-0.25, -0.2) is 13.1 Å². The summed E-state index contributed by atoms with van der Waals surface area (Å²) >= 11 is 0. The maximum atomic E-state index is 12.9. The zero-order valence-electron chi connectivity index (χ0n) is 18.2. The molecule has 2 N–H and O–H groups in total. The number of piperidine rings is 1. The number of ether oxygens (including phenoxy) is 1. The molecule has 1 aliphatic heterocycles. The molecule has 7 nitrogen and oxygen atoms in total. The van der Waals surface area contributed by atoms with Crippen molar-refractivity contribution in [2.45, 2.75) is 44.2 Å². The summed E-state index contributed by atoms with van der Waals surface area (Å²) in [5.41, 5.74) is 2.27. The van der Waals surface area contributed by atoms with Crippen LogP contribution < -0.4 is 14.8 Å². The number of carbonyl (C=O) groups excluding carboxylic acids is 1. The number of hydrogen-bond donors (Lipinski definition) is 2. The van der Waals surface area contributed by atoms with Gasteiger partial charge in [0.15, 0.2) is 0 Å². The summed E-state index contributed by atoms with van der Waals surface area (Å²) in [6.07, 6.45) is 3.69. The number of likely N-dealkylation sites (tertiary alicyclic amines) is 1. The summed E-state index contributed by atoms with van der Waals surface area (Å²) in [5.74, 6) is -0.0416. The maximum Gasteiger partial charge on any atom is 0.255 e. The van der Waals surface area contributed by atoms with E-state index in [1.165, 1.54) is 44.6 Å². The first kappa shape index (κ1) is 23.2. The zero-order valence-corrected chi connectivity index (χ0v) is 19.0. The molecule has 31 heavy (non-hydrogen) atoms. The van der Waals surface area contributed by atoms with Crippen LogP contribution in [0.3, 0.4) is 0 Å². The van der Waals surface area contributed by atoms with Gasteiger partial charge in [0.05, 0.1) is 17.6 Å². The van der Waals surface area contributed by atoms with E-state index in [1.807, 2.05) is 18.2 Å². The molecule has 0 aliphatic carbocycles. The van der Waals surface area contributed by atoms with Crippen molar-refractivity contribution in [2.75, 3.05) is 26.7 Å². The minimum atomic E-state index is -3.80. The van der Waals surface area contributed by atoms with Gasteiger partial charge in [-0.3, -0.25) is 9.69 Å². The van der Waals surface area contributed by atoms with Crippen LogP contribution in [0, 0.1) is 0 Å². The first-order valence-electron chi connectivity index (χ1n) is 10.7. The molecule has 2 aromatic carbocycles. The second kappa shape index (κ2) is 10.7. The quantitative estimate of drug-likeness (QED) is 0.620. The Morgan fingerprint density at radius 2 is 1.77 bits per heavy atom. The molecule has 0 atom stereocenters. The lowest BCUT2D eigenvalue weighted by Gasteiger charge is -2.27. The fourth-order valence-corrected chi connectivity index (χ4v) is 4.82. The predicted molar refractivity (Wildman–Crippen MR) is 121 cm³/mol. The molecule has 1 heterocycles. The van der Waals surface area contributed by atoms with Gasteiger partial charge >= 0.3 is 0 Å². The second-order valence-electron chi connectivity index (χ2n) is 7.65. The van der Waals surface area contributed by atoms with Gasteiger partial charge in [-0.1, -0.05) is 30.7 Å². The molecule has 1 saturated heterocycles. The Morgan fingerprint density at radius 1 is 1.06 bits per heavy atom. The van der Waals surface area contributed by atoms with E-state index in [0.717, 1.165) is 30.8 Å². The van der Waals surface area contributed by atoms with Crippen molar-refractivity contribution in [3.8, 4) is 5.75 Å². The maximum absolute atomic E-state index is 12.9. The second-order valence-corrected chi connectivity index (χ2v) is 9.42. The molecule has 1 aliphatic rings. The molecular formula is C23H31N3O4S. The highest BCUT2D eigenvalue weighted by atomic mass is 32.2. The van der Waals surface area contributed by atoms with E-state index >= 15 is 0 Å². The Hall–Kier alpha value is -2.42. The first-order chi connectivity index (χ1) is 14.9. The minimum absolute atomic E-state index is 0.0306. The van der Waals surface area contributed by atoms with Gasteiger partial charge < -0.3 is 10.1 Å². The largest absolute Gasteiger partial charge is 0.496 e. The third kappa shape index (κ3) is 6.06. The fraction of sp³-hybridized carbons (Fsp3) is 0.435. The van der Waals surface area contributed by atoms with Crippen molar-refractivity contribution >= 4 is 15.9 Å². The number of sulfonamides is 1.